The van der Waals surface area contributed by atoms with E-state index < -0.39 is 30.1 Å². The Labute approximate surface area is 167 Å². The molecule has 3 rings (SSSR count). The minimum atomic E-state index is -3.81. The molecule has 12 heteroatoms. The lowest BCUT2D eigenvalue weighted by atomic mass is 10.2. The summed E-state index contributed by atoms with van der Waals surface area (Å²) in [7, 11) is -10.8. The van der Waals surface area contributed by atoms with Crippen LogP contribution in [0.3, 0.4) is 0 Å². The van der Waals surface area contributed by atoms with Gasteiger partial charge in [0.1, 0.15) is 0 Å². The number of piperidine rings is 1. The zero-order chi connectivity index (χ0) is 20.6. The van der Waals surface area contributed by atoms with E-state index in [2.05, 4.69) is 0 Å². The molecular formula is C16H25N3O6S3. The molecule has 28 heavy (non-hydrogen) atoms. The van der Waals surface area contributed by atoms with Gasteiger partial charge in [-0.25, -0.2) is 25.3 Å². The van der Waals surface area contributed by atoms with E-state index in [4.69, 9.17) is 0 Å². The van der Waals surface area contributed by atoms with Crippen LogP contribution in [0.5, 0.6) is 0 Å². The molecule has 158 valence electrons. The largest absolute Gasteiger partial charge is 0.243 e. The van der Waals surface area contributed by atoms with Crippen molar-refractivity contribution in [3.63, 3.8) is 0 Å². The van der Waals surface area contributed by atoms with Crippen molar-refractivity contribution >= 4 is 30.1 Å². The quantitative estimate of drug-likeness (QED) is 0.629. The van der Waals surface area contributed by atoms with Crippen molar-refractivity contribution in [2.75, 3.05) is 45.5 Å². The molecule has 1 aromatic carbocycles. The first kappa shape index (κ1) is 21.7. The first-order valence-corrected chi connectivity index (χ1v) is 13.8. The maximum absolute atomic E-state index is 12.8. The lowest BCUT2D eigenvalue weighted by Crippen LogP contribution is -2.50. The van der Waals surface area contributed by atoms with E-state index in [-0.39, 0.29) is 36.0 Å². The molecular weight excluding hydrogens is 426 g/mol. The summed E-state index contributed by atoms with van der Waals surface area (Å²) in [5, 5.41) is 0. The molecule has 2 fully saturated rings. The molecule has 0 amide bonds. The zero-order valence-electron chi connectivity index (χ0n) is 15.7. The third-order valence-electron chi connectivity index (χ3n) is 5.08. The van der Waals surface area contributed by atoms with Crippen LogP contribution in [0.4, 0.5) is 0 Å². The Morgan fingerprint density at radius 2 is 0.929 bits per heavy atom. The van der Waals surface area contributed by atoms with Gasteiger partial charge in [0, 0.05) is 39.3 Å². The number of benzene rings is 1. The Hall–Kier alpha value is -1.05. The van der Waals surface area contributed by atoms with Gasteiger partial charge < -0.3 is 0 Å². The predicted molar refractivity (Wildman–Crippen MR) is 104 cm³/mol. The molecule has 0 aromatic heterocycles. The number of rotatable bonds is 5. The van der Waals surface area contributed by atoms with Crippen molar-refractivity contribution < 1.29 is 25.3 Å². The van der Waals surface area contributed by atoms with Gasteiger partial charge >= 0.3 is 0 Å². The monoisotopic (exact) mass is 451 g/mol. The van der Waals surface area contributed by atoms with Crippen LogP contribution in [0, 0.1) is 0 Å². The van der Waals surface area contributed by atoms with Crippen molar-refractivity contribution in [3.8, 4) is 0 Å². The highest BCUT2D eigenvalue weighted by molar-refractivity contribution is 7.89. The summed E-state index contributed by atoms with van der Waals surface area (Å²) in [6.07, 6.45) is 3.75. The van der Waals surface area contributed by atoms with Crippen LogP contribution in [0.1, 0.15) is 19.3 Å². The molecule has 0 saturated carbocycles. The molecule has 2 saturated heterocycles. The van der Waals surface area contributed by atoms with Gasteiger partial charge in [0.05, 0.1) is 16.0 Å². The lowest BCUT2D eigenvalue weighted by molar-refractivity contribution is 0.274. The zero-order valence-corrected chi connectivity index (χ0v) is 18.1. The van der Waals surface area contributed by atoms with E-state index in [9.17, 15) is 25.3 Å². The van der Waals surface area contributed by atoms with E-state index >= 15 is 0 Å². The van der Waals surface area contributed by atoms with Crippen LogP contribution in [0.25, 0.3) is 0 Å². The second kappa shape index (κ2) is 8.00. The average molecular weight is 452 g/mol. The SMILES string of the molecule is CS(=O)(=O)N1CCN(S(=O)(=O)c2ccc(S(=O)(=O)N3CCCCC3)cc2)CC1. The summed E-state index contributed by atoms with van der Waals surface area (Å²) >= 11 is 0. The van der Waals surface area contributed by atoms with E-state index in [0.29, 0.717) is 13.1 Å². The smallest absolute Gasteiger partial charge is 0.213 e. The number of hydrogen-bond donors (Lipinski definition) is 0. The standard InChI is InChI=1S/C16H25N3O6S3/c1-26(20,21)17-11-13-19(14-12-17)28(24,25)16-7-5-15(6-8-16)27(22,23)18-9-3-2-4-10-18/h5-8H,2-4,9-14H2,1H3. The molecule has 2 heterocycles. The van der Waals surface area contributed by atoms with Crippen LogP contribution in [-0.2, 0) is 30.1 Å². The molecule has 9 nitrogen and oxygen atoms in total. The van der Waals surface area contributed by atoms with Gasteiger partial charge in [-0.3, -0.25) is 0 Å². The third kappa shape index (κ3) is 4.41. The van der Waals surface area contributed by atoms with Crippen molar-refractivity contribution in [2.24, 2.45) is 0 Å². The molecule has 1 aromatic rings. The Balaban J connectivity index is 1.75. The molecule has 0 unspecified atom stereocenters. The Kier molecular flexibility index (Phi) is 6.18. The summed E-state index contributed by atoms with van der Waals surface area (Å²) in [6, 6.07) is 5.25. The van der Waals surface area contributed by atoms with Crippen molar-refractivity contribution in [2.45, 2.75) is 29.1 Å². The van der Waals surface area contributed by atoms with Crippen LogP contribution in [0.15, 0.2) is 34.1 Å². The second-order valence-electron chi connectivity index (χ2n) is 7.00. The Morgan fingerprint density at radius 3 is 1.32 bits per heavy atom. The van der Waals surface area contributed by atoms with Gasteiger partial charge in [-0.05, 0) is 37.1 Å². The summed E-state index contributed by atoms with van der Waals surface area (Å²) in [5.41, 5.74) is 0. The Morgan fingerprint density at radius 1 is 0.571 bits per heavy atom. The van der Waals surface area contributed by atoms with Crippen molar-refractivity contribution in [3.05, 3.63) is 24.3 Å². The fourth-order valence-corrected chi connectivity index (χ4v) is 7.19. The van der Waals surface area contributed by atoms with Gasteiger partial charge in [-0.15, -0.1) is 0 Å². The van der Waals surface area contributed by atoms with E-state index in [1.54, 1.807) is 0 Å². The van der Waals surface area contributed by atoms with Gasteiger partial charge in [-0.2, -0.15) is 12.9 Å². The number of nitrogens with zero attached hydrogens (tertiary/aromatic N) is 3. The number of hydrogen-bond acceptors (Lipinski definition) is 6. The fraction of sp³-hybridized carbons (Fsp3) is 0.625. The normalized spacial score (nSPS) is 21.6. The minimum Gasteiger partial charge on any atom is -0.213 e. The molecule has 0 aliphatic carbocycles. The maximum atomic E-state index is 12.8. The van der Waals surface area contributed by atoms with Crippen LogP contribution in [0.2, 0.25) is 0 Å². The average Bonchev–Trinajstić information content (AvgIpc) is 2.68. The highest BCUT2D eigenvalue weighted by atomic mass is 32.2. The van der Waals surface area contributed by atoms with Crippen LogP contribution < -0.4 is 0 Å². The van der Waals surface area contributed by atoms with Crippen LogP contribution in [-0.4, -0.2) is 83.7 Å². The first-order valence-electron chi connectivity index (χ1n) is 9.08. The summed E-state index contributed by atoms with van der Waals surface area (Å²) in [6.45, 7) is 1.27. The number of sulfonamides is 3. The molecule has 2 aliphatic rings. The first-order chi connectivity index (χ1) is 13.0. The molecule has 2 aliphatic heterocycles. The maximum Gasteiger partial charge on any atom is 0.243 e. The van der Waals surface area contributed by atoms with E-state index in [0.717, 1.165) is 25.5 Å². The Bertz CT molecular complexity index is 1010. The third-order valence-corrected chi connectivity index (χ3v) is 10.2. The van der Waals surface area contributed by atoms with E-state index in [1.165, 1.54) is 37.2 Å². The molecule has 0 spiro atoms. The summed E-state index contributed by atoms with van der Waals surface area (Å²) in [5.74, 6) is 0. The van der Waals surface area contributed by atoms with E-state index in [1.807, 2.05) is 0 Å². The van der Waals surface area contributed by atoms with Crippen molar-refractivity contribution in [1.29, 1.82) is 0 Å². The summed E-state index contributed by atoms with van der Waals surface area (Å²) in [4.78, 5) is 0.0770. The van der Waals surface area contributed by atoms with Crippen LogP contribution >= 0.6 is 0 Å². The van der Waals surface area contributed by atoms with Gasteiger partial charge in [0.2, 0.25) is 30.1 Å². The van der Waals surface area contributed by atoms with Gasteiger partial charge in [-0.1, -0.05) is 6.42 Å². The minimum absolute atomic E-state index is 0.00194. The fourth-order valence-electron chi connectivity index (χ4n) is 3.43. The summed E-state index contributed by atoms with van der Waals surface area (Å²) < 4.78 is 78.0. The molecule has 0 bridgehead atoms. The molecule has 0 N–H and O–H groups in total. The van der Waals surface area contributed by atoms with Crippen molar-refractivity contribution in [1.82, 2.24) is 12.9 Å². The second-order valence-corrected chi connectivity index (χ2v) is 12.9. The molecule has 0 radical (unpaired) electrons. The highest BCUT2D eigenvalue weighted by Gasteiger charge is 2.32. The predicted octanol–water partition coefficient (Wildman–Crippen LogP) is 0.127. The van der Waals surface area contributed by atoms with Gasteiger partial charge in [0.25, 0.3) is 0 Å². The topological polar surface area (TPSA) is 112 Å². The number of piperazine rings is 1. The van der Waals surface area contributed by atoms with Gasteiger partial charge in [0.15, 0.2) is 0 Å². The lowest BCUT2D eigenvalue weighted by Gasteiger charge is -2.32. The highest BCUT2D eigenvalue weighted by Crippen LogP contribution is 2.24. The molecule has 0 atom stereocenters.